The summed E-state index contributed by atoms with van der Waals surface area (Å²) in [6, 6.07) is 9.28. The predicted octanol–water partition coefficient (Wildman–Crippen LogP) is 0.623. The van der Waals surface area contributed by atoms with Crippen molar-refractivity contribution < 1.29 is 13.2 Å². The van der Waals surface area contributed by atoms with Gasteiger partial charge in [-0.25, -0.2) is 18.4 Å². The summed E-state index contributed by atoms with van der Waals surface area (Å²) < 4.78 is 29.6. The number of nitriles is 2. The highest BCUT2D eigenvalue weighted by Crippen LogP contribution is 2.34. The van der Waals surface area contributed by atoms with E-state index in [1.807, 2.05) is 12.1 Å². The van der Waals surface area contributed by atoms with Crippen LogP contribution in [-0.4, -0.2) is 29.4 Å². The Morgan fingerprint density at radius 3 is 2.41 bits per heavy atom. The molecule has 0 amide bonds. The van der Waals surface area contributed by atoms with E-state index in [0.717, 1.165) is 6.33 Å². The molecule has 1 aromatic carbocycles. The third-order valence-electron chi connectivity index (χ3n) is 3.83. The first-order valence-electron chi connectivity index (χ1n) is 8.08. The molecule has 0 saturated heterocycles. The highest BCUT2D eigenvalue weighted by Gasteiger charge is 2.22. The van der Waals surface area contributed by atoms with E-state index in [0.29, 0.717) is 5.69 Å². The molecule has 11 nitrogen and oxygen atoms in total. The molecule has 3 aromatic rings. The summed E-state index contributed by atoms with van der Waals surface area (Å²) in [6.07, 6.45) is 1.13. The Hall–Kier alpha value is -4.00. The number of sulfonamides is 1. The second kappa shape index (κ2) is 7.55. The SMILES string of the molecule is CCOc1c(C#N)c(Nc2ccc(S(N)(=O)=O)cc2)c(C#N)c2nc(=O)ncn12. The van der Waals surface area contributed by atoms with Gasteiger partial charge in [0.1, 0.15) is 29.6 Å². The zero-order valence-corrected chi connectivity index (χ0v) is 15.8. The molecule has 0 radical (unpaired) electrons. The summed E-state index contributed by atoms with van der Waals surface area (Å²) in [6.45, 7) is 1.90. The third-order valence-corrected chi connectivity index (χ3v) is 4.76. The van der Waals surface area contributed by atoms with Crippen molar-refractivity contribution >= 4 is 27.0 Å². The monoisotopic (exact) mass is 411 g/mol. The van der Waals surface area contributed by atoms with E-state index in [4.69, 9.17) is 9.88 Å². The molecule has 0 bridgehead atoms. The number of anilines is 2. The van der Waals surface area contributed by atoms with Crippen LogP contribution in [0.4, 0.5) is 11.4 Å². The highest BCUT2D eigenvalue weighted by atomic mass is 32.2. The van der Waals surface area contributed by atoms with Gasteiger partial charge < -0.3 is 10.1 Å². The molecule has 0 aliphatic heterocycles. The van der Waals surface area contributed by atoms with Crippen LogP contribution in [0.5, 0.6) is 5.88 Å². The number of primary sulfonamides is 1. The number of benzene rings is 1. The van der Waals surface area contributed by atoms with Crippen molar-refractivity contribution in [1.82, 2.24) is 14.4 Å². The van der Waals surface area contributed by atoms with Gasteiger partial charge in [-0.15, -0.1) is 0 Å². The van der Waals surface area contributed by atoms with Gasteiger partial charge in [-0.3, -0.25) is 4.40 Å². The van der Waals surface area contributed by atoms with E-state index in [1.165, 1.54) is 28.7 Å². The van der Waals surface area contributed by atoms with E-state index < -0.39 is 15.7 Å². The van der Waals surface area contributed by atoms with Gasteiger partial charge in [0.2, 0.25) is 15.9 Å². The molecule has 0 atom stereocenters. The molecule has 3 N–H and O–H groups in total. The summed E-state index contributed by atoms with van der Waals surface area (Å²) >= 11 is 0. The number of hydrogen-bond donors (Lipinski definition) is 2. The van der Waals surface area contributed by atoms with Crippen molar-refractivity contribution in [1.29, 1.82) is 10.5 Å². The first-order chi connectivity index (χ1) is 13.8. The fourth-order valence-corrected chi connectivity index (χ4v) is 3.13. The molecule has 0 aliphatic rings. The maximum Gasteiger partial charge on any atom is 0.370 e. The number of pyridine rings is 1. The Balaban J connectivity index is 2.27. The van der Waals surface area contributed by atoms with Crippen LogP contribution < -0.4 is 20.9 Å². The van der Waals surface area contributed by atoms with Crippen LogP contribution in [-0.2, 0) is 10.0 Å². The van der Waals surface area contributed by atoms with Gasteiger partial charge in [0.25, 0.3) is 0 Å². The summed E-state index contributed by atoms with van der Waals surface area (Å²) in [7, 11) is -3.87. The van der Waals surface area contributed by atoms with Gasteiger partial charge in [-0.2, -0.15) is 20.5 Å². The topological polar surface area (TPSA) is 176 Å². The van der Waals surface area contributed by atoms with Crippen LogP contribution in [0.3, 0.4) is 0 Å². The van der Waals surface area contributed by atoms with Crippen molar-refractivity contribution in [3.8, 4) is 18.0 Å². The van der Waals surface area contributed by atoms with E-state index in [9.17, 15) is 23.7 Å². The molecule has 3 rings (SSSR count). The third kappa shape index (κ3) is 3.70. The van der Waals surface area contributed by atoms with Gasteiger partial charge in [0.05, 0.1) is 17.2 Å². The molecule has 29 heavy (non-hydrogen) atoms. The molecule has 0 aliphatic carbocycles. The summed E-state index contributed by atoms with van der Waals surface area (Å²) in [4.78, 5) is 18.9. The second-order valence-electron chi connectivity index (χ2n) is 5.61. The maximum atomic E-state index is 11.6. The Bertz CT molecular complexity index is 1350. The zero-order chi connectivity index (χ0) is 21.2. The van der Waals surface area contributed by atoms with Crippen LogP contribution in [0.1, 0.15) is 18.1 Å². The number of nitrogens with one attached hydrogen (secondary N) is 1. The highest BCUT2D eigenvalue weighted by molar-refractivity contribution is 7.89. The molecule has 12 heteroatoms. The predicted molar refractivity (Wildman–Crippen MR) is 101 cm³/mol. The average molecular weight is 411 g/mol. The van der Waals surface area contributed by atoms with Crippen molar-refractivity contribution in [2.75, 3.05) is 11.9 Å². The van der Waals surface area contributed by atoms with Gasteiger partial charge in [0.15, 0.2) is 5.65 Å². The fourth-order valence-electron chi connectivity index (χ4n) is 2.61. The fraction of sp³-hybridized carbons (Fsp3) is 0.118. The Labute approximate surface area is 164 Å². The number of nitrogens with zero attached hydrogens (tertiary/aromatic N) is 5. The number of fused-ring (bicyclic) bond motifs is 1. The van der Waals surface area contributed by atoms with Crippen molar-refractivity contribution in [3.63, 3.8) is 0 Å². The molecule has 0 fully saturated rings. The van der Waals surface area contributed by atoms with Crippen LogP contribution in [0.2, 0.25) is 0 Å². The molecular weight excluding hydrogens is 398 g/mol. The molecule has 0 unspecified atom stereocenters. The smallest absolute Gasteiger partial charge is 0.370 e. The molecule has 2 aromatic heterocycles. The number of aromatic nitrogens is 3. The Kier molecular flexibility index (Phi) is 5.14. The minimum atomic E-state index is -3.87. The second-order valence-corrected chi connectivity index (χ2v) is 7.18. The first kappa shape index (κ1) is 19.8. The summed E-state index contributed by atoms with van der Waals surface area (Å²) in [5.41, 5.74) is -0.525. The molecular formula is C17H13N7O4S. The van der Waals surface area contributed by atoms with Crippen LogP contribution in [0.15, 0.2) is 40.3 Å². The average Bonchev–Trinajstić information content (AvgIpc) is 2.68. The lowest BCUT2D eigenvalue weighted by Crippen LogP contribution is -2.17. The van der Waals surface area contributed by atoms with Gasteiger partial charge in [-0.1, -0.05) is 0 Å². The van der Waals surface area contributed by atoms with E-state index >= 15 is 0 Å². The van der Waals surface area contributed by atoms with Crippen molar-refractivity contribution in [2.24, 2.45) is 5.14 Å². The lowest BCUT2D eigenvalue weighted by atomic mass is 10.1. The quantitative estimate of drug-likeness (QED) is 0.609. The largest absolute Gasteiger partial charge is 0.478 e. The lowest BCUT2D eigenvalue weighted by Gasteiger charge is -2.17. The van der Waals surface area contributed by atoms with Crippen LogP contribution in [0.25, 0.3) is 5.65 Å². The Morgan fingerprint density at radius 1 is 1.21 bits per heavy atom. The molecule has 146 valence electrons. The van der Waals surface area contributed by atoms with Crippen molar-refractivity contribution in [3.05, 3.63) is 52.2 Å². The first-order valence-corrected chi connectivity index (χ1v) is 9.63. The van der Waals surface area contributed by atoms with Gasteiger partial charge in [-0.05, 0) is 31.2 Å². The normalized spacial score (nSPS) is 10.9. The van der Waals surface area contributed by atoms with E-state index in [2.05, 4.69) is 15.3 Å². The minimum absolute atomic E-state index is 0.0151. The molecule has 0 saturated carbocycles. The lowest BCUT2D eigenvalue weighted by molar-refractivity contribution is 0.320. The number of ether oxygens (including phenoxy) is 1. The van der Waals surface area contributed by atoms with E-state index in [-0.39, 0.29) is 39.8 Å². The summed E-state index contributed by atoms with van der Waals surface area (Å²) in [5.74, 6) is 0.0488. The summed E-state index contributed by atoms with van der Waals surface area (Å²) in [5, 5.41) is 27.3. The molecule has 0 spiro atoms. The van der Waals surface area contributed by atoms with Crippen molar-refractivity contribution in [2.45, 2.75) is 11.8 Å². The van der Waals surface area contributed by atoms with Gasteiger partial charge in [0, 0.05) is 5.69 Å². The van der Waals surface area contributed by atoms with Crippen LogP contribution in [0, 0.1) is 22.7 Å². The number of rotatable bonds is 5. The standard InChI is InChI=1S/C17H13N7O4S/c1-2-28-16-13(8-19)14(12(7-18)15-23-17(25)21-9-24(15)16)22-10-3-5-11(6-4-10)29(20,26)27/h3-6,9,22H,2H2,1H3,(H2,20,26,27). The number of hydrogen-bond acceptors (Lipinski definition) is 9. The molecule has 2 heterocycles. The maximum absolute atomic E-state index is 11.6. The Morgan fingerprint density at radius 2 is 1.86 bits per heavy atom. The van der Waals surface area contributed by atoms with Gasteiger partial charge >= 0.3 is 5.69 Å². The zero-order valence-electron chi connectivity index (χ0n) is 14.9. The minimum Gasteiger partial charge on any atom is -0.478 e. The number of nitrogens with two attached hydrogens (primary N) is 1. The van der Waals surface area contributed by atoms with E-state index in [1.54, 1.807) is 6.92 Å². The van der Waals surface area contributed by atoms with Crippen LogP contribution >= 0.6 is 0 Å².